The van der Waals surface area contributed by atoms with Crippen LogP contribution in [-0.2, 0) is 12.8 Å². The van der Waals surface area contributed by atoms with Crippen molar-refractivity contribution in [2.45, 2.75) is 31.7 Å². The molecule has 1 saturated heterocycles. The van der Waals surface area contributed by atoms with E-state index < -0.39 is 0 Å². The lowest BCUT2D eigenvalue weighted by atomic mass is 10.0. The van der Waals surface area contributed by atoms with E-state index in [1.807, 2.05) is 36.4 Å². The second kappa shape index (κ2) is 8.27. The van der Waals surface area contributed by atoms with Crippen LogP contribution in [0.5, 0.6) is 0 Å². The summed E-state index contributed by atoms with van der Waals surface area (Å²) < 4.78 is 5.47. The Kier molecular flexibility index (Phi) is 5.39. The first-order valence-electron chi connectivity index (χ1n) is 9.61. The fraction of sp³-hybridized carbons (Fsp3) is 0.273. The fourth-order valence-corrected chi connectivity index (χ4v) is 3.37. The molecule has 6 heteroatoms. The molecule has 4 rings (SSSR count). The first-order valence-corrected chi connectivity index (χ1v) is 9.61. The van der Waals surface area contributed by atoms with E-state index in [-0.39, 0.29) is 11.9 Å². The summed E-state index contributed by atoms with van der Waals surface area (Å²) in [6, 6.07) is 16.0. The van der Waals surface area contributed by atoms with Crippen molar-refractivity contribution in [1.82, 2.24) is 10.3 Å². The summed E-state index contributed by atoms with van der Waals surface area (Å²) in [5.74, 6) is 0.322. The minimum Gasteiger partial charge on any atom is -0.446 e. The van der Waals surface area contributed by atoms with Gasteiger partial charge in [-0.15, -0.1) is 0 Å². The number of aromatic nitrogens is 1. The highest BCUT2D eigenvalue weighted by Gasteiger charge is 2.22. The van der Waals surface area contributed by atoms with E-state index in [4.69, 9.17) is 10.2 Å². The van der Waals surface area contributed by atoms with Gasteiger partial charge in [-0.05, 0) is 67.6 Å². The first-order chi connectivity index (χ1) is 13.7. The number of carbonyl (C=O) groups is 1. The highest BCUT2D eigenvalue weighted by molar-refractivity contribution is 6.02. The van der Waals surface area contributed by atoms with Gasteiger partial charge in [0.15, 0.2) is 5.69 Å². The Labute approximate surface area is 164 Å². The van der Waals surface area contributed by atoms with E-state index in [1.54, 1.807) is 0 Å². The Bertz CT molecular complexity index is 926. The Hall–Kier alpha value is -3.12. The largest absolute Gasteiger partial charge is 0.446 e. The molecular formula is C22H24N4O2. The number of benzene rings is 2. The van der Waals surface area contributed by atoms with Gasteiger partial charge >= 0.3 is 0 Å². The van der Waals surface area contributed by atoms with Crippen molar-refractivity contribution in [3.05, 3.63) is 77.5 Å². The number of oxazole rings is 1. The summed E-state index contributed by atoms with van der Waals surface area (Å²) in [4.78, 5) is 16.7. The molecule has 2 aromatic carbocycles. The smallest absolute Gasteiger partial charge is 0.277 e. The summed E-state index contributed by atoms with van der Waals surface area (Å²) in [6.45, 7) is 0.958. The SMILES string of the molecule is Nc1ccc(CCc2ccc(NC(=O)c3coc(C4CCCN4)n3)cc2)cc1. The van der Waals surface area contributed by atoms with E-state index in [1.165, 1.54) is 17.4 Å². The number of amides is 1. The summed E-state index contributed by atoms with van der Waals surface area (Å²) in [7, 11) is 0. The average molecular weight is 376 g/mol. The van der Waals surface area contributed by atoms with Gasteiger partial charge in [0.2, 0.25) is 5.89 Å². The van der Waals surface area contributed by atoms with Crippen molar-refractivity contribution in [2.24, 2.45) is 0 Å². The van der Waals surface area contributed by atoms with Gasteiger partial charge in [-0.2, -0.15) is 0 Å². The Morgan fingerprint density at radius 1 is 1.11 bits per heavy atom. The minimum atomic E-state index is -0.261. The van der Waals surface area contributed by atoms with E-state index in [0.29, 0.717) is 11.6 Å². The minimum absolute atomic E-state index is 0.113. The zero-order chi connectivity index (χ0) is 19.3. The lowest BCUT2D eigenvalue weighted by Gasteiger charge is -2.06. The van der Waals surface area contributed by atoms with E-state index >= 15 is 0 Å². The third-order valence-corrected chi connectivity index (χ3v) is 5.01. The summed E-state index contributed by atoms with van der Waals surface area (Å²) in [5, 5.41) is 6.19. The van der Waals surface area contributed by atoms with Crippen LogP contribution in [0.4, 0.5) is 11.4 Å². The van der Waals surface area contributed by atoms with Crippen LogP contribution in [0, 0.1) is 0 Å². The number of carbonyl (C=O) groups excluding carboxylic acids is 1. The molecule has 1 aliphatic rings. The van der Waals surface area contributed by atoms with Crippen LogP contribution < -0.4 is 16.4 Å². The highest BCUT2D eigenvalue weighted by Crippen LogP contribution is 2.22. The molecule has 0 radical (unpaired) electrons. The number of anilines is 2. The first kappa shape index (κ1) is 18.3. The molecule has 2 heterocycles. The molecule has 4 N–H and O–H groups in total. The number of aryl methyl sites for hydroxylation is 2. The summed E-state index contributed by atoms with van der Waals surface area (Å²) in [5.41, 5.74) is 10.0. The molecule has 0 aliphatic carbocycles. The van der Waals surface area contributed by atoms with Crippen LogP contribution in [0.15, 0.2) is 59.2 Å². The van der Waals surface area contributed by atoms with Gasteiger partial charge in [0.05, 0.1) is 6.04 Å². The third-order valence-electron chi connectivity index (χ3n) is 5.01. The molecule has 6 nitrogen and oxygen atoms in total. The predicted molar refractivity (Wildman–Crippen MR) is 109 cm³/mol. The van der Waals surface area contributed by atoms with Crippen molar-refractivity contribution >= 4 is 17.3 Å². The van der Waals surface area contributed by atoms with Crippen LogP contribution in [0.2, 0.25) is 0 Å². The molecule has 144 valence electrons. The van der Waals surface area contributed by atoms with Crippen molar-refractivity contribution in [1.29, 1.82) is 0 Å². The lowest BCUT2D eigenvalue weighted by molar-refractivity contribution is 0.102. The maximum atomic E-state index is 12.4. The second-order valence-corrected chi connectivity index (χ2v) is 7.11. The van der Waals surface area contributed by atoms with E-state index in [9.17, 15) is 4.79 Å². The van der Waals surface area contributed by atoms with Gasteiger partial charge in [-0.25, -0.2) is 4.98 Å². The molecule has 3 aromatic rings. The number of hydrogen-bond donors (Lipinski definition) is 3. The zero-order valence-corrected chi connectivity index (χ0v) is 15.7. The Morgan fingerprint density at radius 3 is 2.43 bits per heavy atom. The number of hydrogen-bond acceptors (Lipinski definition) is 5. The number of nitrogens with two attached hydrogens (primary N) is 1. The lowest BCUT2D eigenvalue weighted by Crippen LogP contribution is -2.15. The summed E-state index contributed by atoms with van der Waals surface area (Å²) >= 11 is 0. The van der Waals surface area contributed by atoms with Gasteiger partial charge in [0.1, 0.15) is 6.26 Å². The maximum Gasteiger partial charge on any atom is 0.277 e. The van der Waals surface area contributed by atoms with Crippen molar-refractivity contribution in [2.75, 3.05) is 17.6 Å². The average Bonchev–Trinajstić information content (AvgIpc) is 3.40. The van der Waals surface area contributed by atoms with Crippen LogP contribution in [0.1, 0.15) is 46.4 Å². The molecule has 0 bridgehead atoms. The van der Waals surface area contributed by atoms with Crippen LogP contribution in [0.25, 0.3) is 0 Å². The molecule has 1 aromatic heterocycles. The van der Waals surface area contributed by atoms with Crippen LogP contribution in [-0.4, -0.2) is 17.4 Å². The number of nitrogens with zero attached hydrogens (tertiary/aromatic N) is 1. The molecule has 28 heavy (non-hydrogen) atoms. The van der Waals surface area contributed by atoms with Gasteiger partial charge in [-0.1, -0.05) is 24.3 Å². The maximum absolute atomic E-state index is 12.4. The molecule has 1 amide bonds. The molecule has 1 aliphatic heterocycles. The molecular weight excluding hydrogens is 352 g/mol. The highest BCUT2D eigenvalue weighted by atomic mass is 16.3. The van der Waals surface area contributed by atoms with Crippen molar-refractivity contribution in [3.63, 3.8) is 0 Å². The Morgan fingerprint density at radius 2 is 1.79 bits per heavy atom. The van der Waals surface area contributed by atoms with Crippen LogP contribution >= 0.6 is 0 Å². The Balaban J connectivity index is 1.32. The van der Waals surface area contributed by atoms with Crippen molar-refractivity contribution in [3.8, 4) is 0 Å². The topological polar surface area (TPSA) is 93.2 Å². The quantitative estimate of drug-likeness (QED) is 0.570. The monoisotopic (exact) mass is 376 g/mol. The fourth-order valence-electron chi connectivity index (χ4n) is 3.37. The molecule has 1 unspecified atom stereocenters. The molecule has 1 atom stereocenters. The normalized spacial score (nSPS) is 16.2. The van der Waals surface area contributed by atoms with Crippen molar-refractivity contribution < 1.29 is 9.21 Å². The zero-order valence-electron chi connectivity index (χ0n) is 15.7. The molecule has 0 spiro atoms. The summed E-state index contributed by atoms with van der Waals surface area (Å²) in [6.07, 6.45) is 5.38. The van der Waals surface area contributed by atoms with E-state index in [0.717, 1.165) is 43.6 Å². The molecule has 1 fully saturated rings. The van der Waals surface area contributed by atoms with Gasteiger partial charge in [0.25, 0.3) is 5.91 Å². The van der Waals surface area contributed by atoms with E-state index in [2.05, 4.69) is 27.8 Å². The number of nitrogen functional groups attached to an aromatic ring is 1. The number of nitrogens with one attached hydrogen (secondary N) is 2. The second-order valence-electron chi connectivity index (χ2n) is 7.11. The van der Waals surface area contributed by atoms with Gasteiger partial charge in [0, 0.05) is 11.4 Å². The predicted octanol–water partition coefficient (Wildman–Crippen LogP) is 3.72. The standard InChI is InChI=1S/C22H24N4O2/c23-17-9-5-15(6-10-17)3-4-16-7-11-18(12-8-16)25-21(27)20-14-28-22(26-20)19-2-1-13-24-19/h5-12,14,19,24H,1-4,13,23H2,(H,25,27). The third kappa shape index (κ3) is 4.40. The van der Waals surface area contributed by atoms with Crippen LogP contribution in [0.3, 0.4) is 0 Å². The van der Waals surface area contributed by atoms with Gasteiger partial charge < -0.3 is 20.8 Å². The number of rotatable bonds is 6. The molecule has 0 saturated carbocycles. The van der Waals surface area contributed by atoms with Gasteiger partial charge in [-0.3, -0.25) is 4.79 Å².